The average molecular weight is 440 g/mol. The SMILES string of the molecule is Cc1cc(C)nc(N2CCN(c3c4c(nc5c(-c6ccccc6)c(C)nn35)CCC4)CC2)n1. The van der Waals surface area contributed by atoms with E-state index in [1.165, 1.54) is 29.1 Å². The van der Waals surface area contributed by atoms with Crippen LogP contribution in [0.3, 0.4) is 0 Å². The summed E-state index contributed by atoms with van der Waals surface area (Å²) in [6, 6.07) is 12.6. The van der Waals surface area contributed by atoms with Gasteiger partial charge in [-0.2, -0.15) is 9.61 Å². The molecule has 3 aromatic heterocycles. The summed E-state index contributed by atoms with van der Waals surface area (Å²) in [5.41, 5.74) is 9.00. The fourth-order valence-corrected chi connectivity index (χ4v) is 5.35. The molecule has 168 valence electrons. The number of fused-ring (bicyclic) bond motifs is 2. The molecule has 0 saturated carbocycles. The van der Waals surface area contributed by atoms with Crippen molar-refractivity contribution in [2.45, 2.75) is 40.0 Å². The minimum atomic E-state index is 0.846. The molecule has 1 aliphatic carbocycles. The van der Waals surface area contributed by atoms with Crippen LogP contribution in [0, 0.1) is 20.8 Å². The van der Waals surface area contributed by atoms with Crippen molar-refractivity contribution in [2.75, 3.05) is 36.0 Å². The van der Waals surface area contributed by atoms with Crippen LogP contribution < -0.4 is 9.80 Å². The lowest BCUT2D eigenvalue weighted by molar-refractivity contribution is 0.622. The van der Waals surface area contributed by atoms with E-state index in [0.717, 1.165) is 73.3 Å². The molecule has 4 heterocycles. The van der Waals surface area contributed by atoms with Crippen molar-refractivity contribution in [3.8, 4) is 11.1 Å². The molecule has 1 aromatic carbocycles. The standard InChI is InChI=1S/C26H29N7/c1-17-16-18(2)28-26(27-17)32-14-12-31(13-15-32)25-21-10-7-11-22(21)29-24-23(19(3)30-33(24)25)20-8-5-4-6-9-20/h4-6,8-9,16H,7,10-15H2,1-3H3. The molecule has 2 aliphatic rings. The smallest absolute Gasteiger partial charge is 0.225 e. The van der Waals surface area contributed by atoms with E-state index < -0.39 is 0 Å². The first-order valence-corrected chi connectivity index (χ1v) is 11.9. The van der Waals surface area contributed by atoms with Gasteiger partial charge in [0, 0.05) is 54.4 Å². The molecule has 0 spiro atoms. The zero-order valence-electron chi connectivity index (χ0n) is 19.5. The zero-order valence-corrected chi connectivity index (χ0v) is 19.5. The molecule has 0 atom stereocenters. The third-order valence-corrected chi connectivity index (χ3v) is 6.83. The fraction of sp³-hybridized carbons (Fsp3) is 0.385. The van der Waals surface area contributed by atoms with Gasteiger partial charge in [-0.3, -0.25) is 0 Å². The maximum atomic E-state index is 5.13. The Morgan fingerprint density at radius 2 is 1.48 bits per heavy atom. The molecule has 0 amide bonds. The highest BCUT2D eigenvalue weighted by molar-refractivity contribution is 5.81. The second kappa shape index (κ2) is 7.83. The first-order valence-electron chi connectivity index (χ1n) is 11.9. The average Bonchev–Trinajstić information content (AvgIpc) is 3.40. The molecule has 1 saturated heterocycles. The summed E-state index contributed by atoms with van der Waals surface area (Å²) < 4.78 is 2.12. The summed E-state index contributed by atoms with van der Waals surface area (Å²) in [6.45, 7) is 9.80. The van der Waals surface area contributed by atoms with Crippen LogP contribution in [0.1, 0.15) is 34.8 Å². The van der Waals surface area contributed by atoms with E-state index in [1.807, 2.05) is 19.9 Å². The van der Waals surface area contributed by atoms with E-state index in [4.69, 9.17) is 10.1 Å². The molecular formula is C26H29N7. The molecule has 4 aromatic rings. The second-order valence-corrected chi connectivity index (χ2v) is 9.20. The maximum absolute atomic E-state index is 5.13. The maximum Gasteiger partial charge on any atom is 0.225 e. The number of anilines is 2. The minimum Gasteiger partial charge on any atom is -0.353 e. The van der Waals surface area contributed by atoms with Gasteiger partial charge in [0.2, 0.25) is 5.95 Å². The van der Waals surface area contributed by atoms with Crippen molar-refractivity contribution in [2.24, 2.45) is 0 Å². The van der Waals surface area contributed by atoms with Crippen LogP contribution in [-0.4, -0.2) is 50.7 Å². The van der Waals surface area contributed by atoms with E-state index in [9.17, 15) is 0 Å². The van der Waals surface area contributed by atoms with Crippen LogP contribution in [0.4, 0.5) is 11.8 Å². The first kappa shape index (κ1) is 20.1. The van der Waals surface area contributed by atoms with Crippen LogP contribution in [0.5, 0.6) is 0 Å². The highest BCUT2D eigenvalue weighted by Gasteiger charge is 2.29. The van der Waals surface area contributed by atoms with E-state index in [0.29, 0.717) is 0 Å². The predicted molar refractivity (Wildman–Crippen MR) is 131 cm³/mol. The van der Waals surface area contributed by atoms with Gasteiger partial charge in [0.05, 0.1) is 5.69 Å². The van der Waals surface area contributed by atoms with Crippen molar-refractivity contribution in [1.29, 1.82) is 0 Å². The normalized spacial score (nSPS) is 16.0. The molecule has 1 aliphatic heterocycles. The number of hydrogen-bond donors (Lipinski definition) is 0. The van der Waals surface area contributed by atoms with Crippen molar-refractivity contribution in [3.05, 3.63) is 64.7 Å². The summed E-state index contributed by atoms with van der Waals surface area (Å²) in [7, 11) is 0. The van der Waals surface area contributed by atoms with Gasteiger partial charge in [0.1, 0.15) is 5.82 Å². The number of piperazine rings is 1. The number of nitrogens with zero attached hydrogens (tertiary/aromatic N) is 7. The highest BCUT2D eigenvalue weighted by atomic mass is 15.4. The summed E-state index contributed by atoms with van der Waals surface area (Å²) >= 11 is 0. The van der Waals surface area contributed by atoms with Crippen LogP contribution in [-0.2, 0) is 12.8 Å². The Balaban J connectivity index is 1.39. The van der Waals surface area contributed by atoms with E-state index in [2.05, 4.69) is 61.5 Å². The van der Waals surface area contributed by atoms with Crippen molar-refractivity contribution < 1.29 is 0 Å². The highest BCUT2D eigenvalue weighted by Crippen LogP contribution is 2.36. The predicted octanol–water partition coefficient (Wildman–Crippen LogP) is 3.93. The molecule has 0 unspecified atom stereocenters. The Morgan fingerprint density at radius 1 is 0.788 bits per heavy atom. The van der Waals surface area contributed by atoms with Crippen LogP contribution in [0.2, 0.25) is 0 Å². The third kappa shape index (κ3) is 3.43. The van der Waals surface area contributed by atoms with Crippen molar-refractivity contribution in [1.82, 2.24) is 24.6 Å². The Bertz CT molecular complexity index is 1310. The van der Waals surface area contributed by atoms with Gasteiger partial charge >= 0.3 is 0 Å². The third-order valence-electron chi connectivity index (χ3n) is 6.83. The van der Waals surface area contributed by atoms with E-state index in [1.54, 1.807) is 0 Å². The van der Waals surface area contributed by atoms with Gasteiger partial charge in [-0.05, 0) is 51.7 Å². The topological polar surface area (TPSA) is 62.5 Å². The van der Waals surface area contributed by atoms with Gasteiger partial charge in [-0.1, -0.05) is 30.3 Å². The van der Waals surface area contributed by atoms with Gasteiger partial charge < -0.3 is 9.80 Å². The lowest BCUT2D eigenvalue weighted by atomic mass is 10.1. The number of aromatic nitrogens is 5. The van der Waals surface area contributed by atoms with Gasteiger partial charge in [0.15, 0.2) is 5.65 Å². The monoisotopic (exact) mass is 439 g/mol. The minimum absolute atomic E-state index is 0.846. The number of aryl methyl sites for hydroxylation is 4. The molecule has 6 rings (SSSR count). The molecule has 7 heteroatoms. The molecule has 0 N–H and O–H groups in total. The Morgan fingerprint density at radius 3 is 2.21 bits per heavy atom. The first-order chi connectivity index (χ1) is 16.1. The summed E-state index contributed by atoms with van der Waals surface area (Å²) in [6.07, 6.45) is 3.29. The van der Waals surface area contributed by atoms with Crippen molar-refractivity contribution in [3.63, 3.8) is 0 Å². The quantitative estimate of drug-likeness (QED) is 0.482. The van der Waals surface area contributed by atoms with Crippen LogP contribution >= 0.6 is 0 Å². The lowest BCUT2D eigenvalue weighted by Crippen LogP contribution is -2.48. The lowest BCUT2D eigenvalue weighted by Gasteiger charge is -2.37. The van der Waals surface area contributed by atoms with Gasteiger partial charge in [0.25, 0.3) is 0 Å². The van der Waals surface area contributed by atoms with Crippen molar-refractivity contribution >= 4 is 17.4 Å². The zero-order chi connectivity index (χ0) is 22.5. The Labute approximate surface area is 194 Å². The van der Waals surface area contributed by atoms with E-state index in [-0.39, 0.29) is 0 Å². The number of rotatable bonds is 3. The molecule has 33 heavy (non-hydrogen) atoms. The summed E-state index contributed by atoms with van der Waals surface area (Å²) in [4.78, 5) is 19.3. The summed E-state index contributed by atoms with van der Waals surface area (Å²) in [5, 5.41) is 5.02. The molecule has 1 fully saturated rings. The molecule has 7 nitrogen and oxygen atoms in total. The van der Waals surface area contributed by atoms with Crippen LogP contribution in [0.25, 0.3) is 16.8 Å². The molecular weight excluding hydrogens is 410 g/mol. The molecule has 0 radical (unpaired) electrons. The van der Waals surface area contributed by atoms with Crippen LogP contribution in [0.15, 0.2) is 36.4 Å². The largest absolute Gasteiger partial charge is 0.353 e. The number of benzene rings is 1. The van der Waals surface area contributed by atoms with Gasteiger partial charge in [-0.15, -0.1) is 0 Å². The second-order valence-electron chi connectivity index (χ2n) is 9.20. The number of hydrogen-bond acceptors (Lipinski definition) is 6. The fourth-order valence-electron chi connectivity index (χ4n) is 5.35. The Hall–Kier alpha value is -3.48. The van der Waals surface area contributed by atoms with E-state index >= 15 is 0 Å². The Kier molecular flexibility index (Phi) is 4.78. The molecule has 0 bridgehead atoms. The van der Waals surface area contributed by atoms with Gasteiger partial charge in [-0.25, -0.2) is 15.0 Å². The summed E-state index contributed by atoms with van der Waals surface area (Å²) in [5.74, 6) is 2.08.